The van der Waals surface area contributed by atoms with Crippen LogP contribution in [0.1, 0.15) is 47.1 Å². The Morgan fingerprint density at radius 3 is 2.61 bits per heavy atom. The fraction of sp³-hybridized carbons (Fsp3) is 0.476. The van der Waals surface area contributed by atoms with Crippen LogP contribution < -0.4 is 0 Å². The van der Waals surface area contributed by atoms with Gasteiger partial charge in [-0.3, -0.25) is 9.59 Å². The molecular formula is C21H25FN2O4. The van der Waals surface area contributed by atoms with E-state index in [1.54, 1.807) is 37.8 Å². The first-order valence-electron chi connectivity index (χ1n) is 9.50. The van der Waals surface area contributed by atoms with Crippen LogP contribution in [-0.2, 0) is 16.0 Å². The fourth-order valence-corrected chi connectivity index (χ4v) is 3.91. The van der Waals surface area contributed by atoms with Gasteiger partial charge in [0.25, 0.3) is 5.91 Å². The van der Waals surface area contributed by atoms with Crippen LogP contribution in [0.25, 0.3) is 0 Å². The Hall–Kier alpha value is -2.70. The maximum Gasteiger partial charge on any atom is 0.314 e. The summed E-state index contributed by atoms with van der Waals surface area (Å²) in [5, 5.41) is 3.86. The quantitative estimate of drug-likeness (QED) is 0.734. The molecule has 1 amide bonds. The monoisotopic (exact) mass is 388 g/mol. The number of aromatic nitrogens is 1. The van der Waals surface area contributed by atoms with Crippen molar-refractivity contribution >= 4 is 11.9 Å². The molecule has 2 aromatic rings. The van der Waals surface area contributed by atoms with Gasteiger partial charge in [0, 0.05) is 13.1 Å². The van der Waals surface area contributed by atoms with E-state index in [0.29, 0.717) is 42.8 Å². The molecule has 150 valence electrons. The Labute approximate surface area is 163 Å². The van der Waals surface area contributed by atoms with E-state index in [1.165, 1.54) is 12.1 Å². The Morgan fingerprint density at radius 2 is 2.00 bits per heavy atom. The first kappa shape index (κ1) is 20.0. The number of carbonyl (C=O) groups is 2. The third-order valence-corrected chi connectivity index (χ3v) is 5.28. The van der Waals surface area contributed by atoms with Crippen LogP contribution in [0.2, 0.25) is 0 Å². The normalized spacial score (nSPS) is 19.5. The zero-order valence-corrected chi connectivity index (χ0v) is 16.5. The average molecular weight is 388 g/mol. The first-order chi connectivity index (χ1) is 13.4. The van der Waals surface area contributed by atoms with Gasteiger partial charge in [-0.1, -0.05) is 17.3 Å². The van der Waals surface area contributed by atoms with E-state index >= 15 is 0 Å². The molecule has 6 nitrogen and oxygen atoms in total. The summed E-state index contributed by atoms with van der Waals surface area (Å²) in [4.78, 5) is 27.7. The van der Waals surface area contributed by atoms with E-state index in [0.717, 1.165) is 5.56 Å². The number of benzene rings is 1. The standard InChI is InChI=1S/C21H25FN2O4/c1-4-27-20(26)21(12-16-6-8-17(22)9-7-16)10-5-11-24(13-21)19(25)18-14(2)23-28-15(18)3/h6-9H,4-5,10-13H2,1-3H3/t21-/m0/s1. The molecule has 0 bridgehead atoms. The van der Waals surface area contributed by atoms with Crippen LogP contribution in [0.15, 0.2) is 28.8 Å². The summed E-state index contributed by atoms with van der Waals surface area (Å²) in [5.41, 5.74) is 0.955. The molecule has 1 aliphatic heterocycles. The highest BCUT2D eigenvalue weighted by Gasteiger charge is 2.45. The molecule has 1 atom stereocenters. The molecule has 2 heterocycles. The highest BCUT2D eigenvalue weighted by Crippen LogP contribution is 2.36. The van der Waals surface area contributed by atoms with Gasteiger partial charge in [0.2, 0.25) is 0 Å². The van der Waals surface area contributed by atoms with Crippen LogP contribution in [0.3, 0.4) is 0 Å². The molecule has 0 aliphatic carbocycles. The highest BCUT2D eigenvalue weighted by atomic mass is 19.1. The van der Waals surface area contributed by atoms with E-state index in [9.17, 15) is 14.0 Å². The van der Waals surface area contributed by atoms with Crippen molar-refractivity contribution in [1.82, 2.24) is 10.1 Å². The number of likely N-dealkylation sites (tertiary alicyclic amines) is 1. The number of amides is 1. The molecule has 1 aromatic heterocycles. The second-order valence-electron chi connectivity index (χ2n) is 7.33. The number of rotatable bonds is 5. The van der Waals surface area contributed by atoms with Crippen molar-refractivity contribution in [3.05, 3.63) is 52.7 Å². The lowest BCUT2D eigenvalue weighted by atomic mass is 9.75. The van der Waals surface area contributed by atoms with E-state index in [4.69, 9.17) is 9.26 Å². The van der Waals surface area contributed by atoms with Gasteiger partial charge in [-0.2, -0.15) is 0 Å². The zero-order chi connectivity index (χ0) is 20.3. The number of carbonyl (C=O) groups excluding carboxylic acids is 2. The lowest BCUT2D eigenvalue weighted by Crippen LogP contribution is -2.51. The van der Waals surface area contributed by atoms with Crippen LogP contribution in [0, 0.1) is 25.1 Å². The Morgan fingerprint density at radius 1 is 1.29 bits per heavy atom. The van der Waals surface area contributed by atoms with Gasteiger partial charge in [0.15, 0.2) is 0 Å². The number of ether oxygens (including phenoxy) is 1. The van der Waals surface area contributed by atoms with Crippen molar-refractivity contribution < 1.29 is 23.2 Å². The van der Waals surface area contributed by atoms with Gasteiger partial charge in [0.1, 0.15) is 17.1 Å². The van der Waals surface area contributed by atoms with Crippen molar-refractivity contribution in [3.63, 3.8) is 0 Å². The van der Waals surface area contributed by atoms with Gasteiger partial charge in [-0.15, -0.1) is 0 Å². The lowest BCUT2D eigenvalue weighted by Gasteiger charge is -2.41. The van der Waals surface area contributed by atoms with Gasteiger partial charge in [0.05, 0.1) is 17.7 Å². The van der Waals surface area contributed by atoms with E-state index < -0.39 is 5.41 Å². The zero-order valence-electron chi connectivity index (χ0n) is 16.5. The van der Waals surface area contributed by atoms with Crippen LogP contribution >= 0.6 is 0 Å². The lowest BCUT2D eigenvalue weighted by molar-refractivity contribution is -0.158. The van der Waals surface area contributed by atoms with Crippen molar-refractivity contribution in [3.8, 4) is 0 Å². The maximum absolute atomic E-state index is 13.3. The number of esters is 1. The SMILES string of the molecule is CCOC(=O)[C@]1(Cc2ccc(F)cc2)CCCN(C(=O)c2c(C)noc2C)C1. The van der Waals surface area contributed by atoms with E-state index in [2.05, 4.69) is 5.16 Å². The van der Waals surface area contributed by atoms with Gasteiger partial charge in [-0.05, 0) is 57.7 Å². The second kappa shape index (κ2) is 8.12. The Bertz CT molecular complexity index is 842. The van der Waals surface area contributed by atoms with Gasteiger partial charge < -0.3 is 14.2 Å². The van der Waals surface area contributed by atoms with E-state index in [1.807, 2.05) is 0 Å². The highest BCUT2D eigenvalue weighted by molar-refractivity contribution is 5.96. The minimum atomic E-state index is -0.860. The molecule has 0 saturated carbocycles. The predicted molar refractivity (Wildman–Crippen MR) is 100 cm³/mol. The minimum Gasteiger partial charge on any atom is -0.466 e. The molecule has 1 saturated heterocycles. The molecule has 1 fully saturated rings. The Balaban J connectivity index is 1.90. The summed E-state index contributed by atoms with van der Waals surface area (Å²) >= 11 is 0. The molecule has 0 N–H and O–H groups in total. The third-order valence-electron chi connectivity index (χ3n) is 5.28. The van der Waals surface area contributed by atoms with Crippen LogP contribution in [-0.4, -0.2) is 41.6 Å². The number of hydrogen-bond acceptors (Lipinski definition) is 5. The summed E-state index contributed by atoms with van der Waals surface area (Å²) in [6.07, 6.45) is 1.67. The smallest absolute Gasteiger partial charge is 0.314 e. The Kier molecular flexibility index (Phi) is 5.82. The molecule has 0 spiro atoms. The molecule has 3 rings (SSSR count). The number of halogens is 1. The van der Waals surface area contributed by atoms with Crippen molar-refractivity contribution in [2.75, 3.05) is 19.7 Å². The molecule has 1 aromatic carbocycles. The first-order valence-corrected chi connectivity index (χ1v) is 9.50. The van der Waals surface area contributed by atoms with Crippen LogP contribution in [0.5, 0.6) is 0 Å². The largest absolute Gasteiger partial charge is 0.466 e. The van der Waals surface area contributed by atoms with E-state index in [-0.39, 0.29) is 30.8 Å². The molecule has 28 heavy (non-hydrogen) atoms. The van der Waals surface area contributed by atoms with Gasteiger partial charge >= 0.3 is 5.97 Å². The topological polar surface area (TPSA) is 72.6 Å². The maximum atomic E-state index is 13.3. The number of piperidine rings is 1. The van der Waals surface area contributed by atoms with Crippen molar-refractivity contribution in [2.24, 2.45) is 5.41 Å². The summed E-state index contributed by atoms with van der Waals surface area (Å²) < 4.78 is 23.8. The number of hydrogen-bond donors (Lipinski definition) is 0. The second-order valence-corrected chi connectivity index (χ2v) is 7.33. The van der Waals surface area contributed by atoms with Gasteiger partial charge in [-0.25, -0.2) is 4.39 Å². The molecule has 0 unspecified atom stereocenters. The summed E-state index contributed by atoms with van der Waals surface area (Å²) in [7, 11) is 0. The molecular weight excluding hydrogens is 363 g/mol. The molecule has 1 aliphatic rings. The summed E-state index contributed by atoms with van der Waals surface area (Å²) in [6.45, 7) is 6.25. The number of nitrogens with zero attached hydrogens (tertiary/aromatic N) is 2. The molecule has 0 radical (unpaired) electrons. The summed E-state index contributed by atoms with van der Waals surface area (Å²) in [6, 6.07) is 6.10. The third kappa shape index (κ3) is 3.93. The fourth-order valence-electron chi connectivity index (χ4n) is 3.91. The van der Waals surface area contributed by atoms with Crippen molar-refractivity contribution in [2.45, 2.75) is 40.0 Å². The average Bonchev–Trinajstić information content (AvgIpc) is 3.02. The van der Waals surface area contributed by atoms with Crippen LogP contribution in [0.4, 0.5) is 4.39 Å². The number of aryl methyl sites for hydroxylation is 2. The van der Waals surface area contributed by atoms with Crippen molar-refractivity contribution in [1.29, 1.82) is 0 Å². The summed E-state index contributed by atoms with van der Waals surface area (Å²) in [5.74, 6) is -0.375. The minimum absolute atomic E-state index is 0.191. The molecule has 7 heteroatoms. The predicted octanol–water partition coefficient (Wildman–Crippen LogP) is 3.46.